The molecule has 0 saturated carbocycles. The van der Waals surface area contributed by atoms with E-state index >= 15 is 0 Å². The molecule has 24 heavy (non-hydrogen) atoms. The Morgan fingerprint density at radius 3 is 2.46 bits per heavy atom. The summed E-state index contributed by atoms with van der Waals surface area (Å²) in [5.74, 6) is 0.454. The third-order valence-corrected chi connectivity index (χ3v) is 5.38. The zero-order chi connectivity index (χ0) is 17.4. The summed E-state index contributed by atoms with van der Waals surface area (Å²) in [4.78, 5) is 4.52. The molecule has 7 heteroatoms. The van der Waals surface area contributed by atoms with Crippen molar-refractivity contribution in [2.75, 3.05) is 52.1 Å². The van der Waals surface area contributed by atoms with Crippen LogP contribution in [0.15, 0.2) is 24.3 Å². The van der Waals surface area contributed by atoms with E-state index in [4.69, 9.17) is 10.00 Å². The second-order valence-electron chi connectivity index (χ2n) is 6.09. The van der Waals surface area contributed by atoms with Crippen LogP contribution in [0.4, 0.5) is 4.39 Å². The highest BCUT2D eigenvalue weighted by atomic mass is 32.2. The number of ether oxygens (including phenoxy) is 1. The summed E-state index contributed by atoms with van der Waals surface area (Å²) < 4.78 is 18.5. The Balaban J connectivity index is 1.67. The molecule has 5 nitrogen and oxygen atoms in total. The van der Waals surface area contributed by atoms with Crippen molar-refractivity contribution >= 4 is 11.8 Å². The Bertz CT molecular complexity index is 543. The van der Waals surface area contributed by atoms with Gasteiger partial charge in [-0.05, 0) is 37.4 Å². The second kappa shape index (κ2) is 9.11. The Labute approximate surface area is 147 Å². The lowest BCUT2D eigenvalue weighted by Gasteiger charge is -2.39. The monoisotopic (exact) mass is 352 g/mol. The summed E-state index contributed by atoms with van der Waals surface area (Å²) in [6.07, 6.45) is 4.08. The van der Waals surface area contributed by atoms with Crippen molar-refractivity contribution in [1.29, 1.82) is 5.26 Å². The van der Waals surface area contributed by atoms with Crippen LogP contribution in [0.5, 0.6) is 5.75 Å². The van der Waals surface area contributed by atoms with Crippen molar-refractivity contribution in [2.45, 2.75) is 11.8 Å². The maximum Gasteiger partial charge on any atom is 0.177 e. The van der Waals surface area contributed by atoms with Gasteiger partial charge in [-0.2, -0.15) is 5.26 Å². The number of rotatable bonds is 8. The second-order valence-corrected chi connectivity index (χ2v) is 7.40. The lowest BCUT2D eigenvalue weighted by atomic mass is 10.2. The normalized spacial score (nSPS) is 18.6. The molecule has 1 N–H and O–H groups in total. The molecule has 0 bridgehead atoms. The van der Waals surface area contributed by atoms with Gasteiger partial charge in [0, 0.05) is 39.3 Å². The highest BCUT2D eigenvalue weighted by Gasteiger charge is 2.27. The number of nitrogens with one attached hydrogen (secondary N) is 1. The molecule has 2 rings (SSSR count). The summed E-state index contributed by atoms with van der Waals surface area (Å²) >= 11 is 1.67. The molecule has 0 aromatic heterocycles. The van der Waals surface area contributed by atoms with Gasteiger partial charge in [-0.3, -0.25) is 9.80 Å². The first-order valence-corrected chi connectivity index (χ1v) is 9.31. The van der Waals surface area contributed by atoms with Gasteiger partial charge in [0.05, 0.1) is 0 Å². The van der Waals surface area contributed by atoms with Crippen molar-refractivity contribution in [3.8, 4) is 11.9 Å². The lowest BCUT2D eigenvalue weighted by Crippen LogP contribution is -2.54. The Hall–Kier alpha value is -1.49. The Kier molecular flexibility index (Phi) is 7.16. The first-order chi connectivity index (χ1) is 11.5. The number of benzene rings is 1. The third kappa shape index (κ3) is 5.86. The fraction of sp³-hybridized carbons (Fsp3) is 0.588. The van der Waals surface area contributed by atoms with Gasteiger partial charge in [-0.15, -0.1) is 11.8 Å². The molecular weight excluding hydrogens is 327 g/mol. The van der Waals surface area contributed by atoms with Crippen LogP contribution in [0.3, 0.4) is 0 Å². The van der Waals surface area contributed by atoms with E-state index < -0.39 is 0 Å². The van der Waals surface area contributed by atoms with Crippen LogP contribution >= 0.6 is 11.8 Å². The molecule has 132 valence electrons. The molecule has 1 saturated heterocycles. The quantitative estimate of drug-likeness (QED) is 0.439. The molecular formula is C17H25FN4OS. The number of hydrogen-bond donors (Lipinski definition) is 1. The summed E-state index contributed by atoms with van der Waals surface area (Å²) in [6.45, 7) is 8.32. The first kappa shape index (κ1) is 18.8. The fourth-order valence-electron chi connectivity index (χ4n) is 2.69. The molecule has 1 atom stereocenters. The zero-order valence-corrected chi connectivity index (χ0v) is 15.1. The maximum absolute atomic E-state index is 12.8. The van der Waals surface area contributed by atoms with E-state index in [1.807, 2.05) is 6.26 Å². The number of thioether (sulfide) groups is 1. The average molecular weight is 352 g/mol. The minimum Gasteiger partial charge on any atom is -0.492 e. The van der Waals surface area contributed by atoms with Gasteiger partial charge in [-0.1, -0.05) is 0 Å². The van der Waals surface area contributed by atoms with E-state index in [0.29, 0.717) is 12.4 Å². The van der Waals surface area contributed by atoms with Crippen LogP contribution in [0.2, 0.25) is 0 Å². The van der Waals surface area contributed by atoms with E-state index in [2.05, 4.69) is 28.2 Å². The van der Waals surface area contributed by atoms with E-state index in [1.165, 1.54) is 12.1 Å². The average Bonchev–Trinajstić information content (AvgIpc) is 2.58. The van der Waals surface area contributed by atoms with Crippen LogP contribution in [0, 0.1) is 17.3 Å². The van der Waals surface area contributed by atoms with Crippen LogP contribution in [-0.2, 0) is 0 Å². The van der Waals surface area contributed by atoms with Crippen LogP contribution in [-0.4, -0.2) is 66.8 Å². The number of hydrogen-bond acceptors (Lipinski definition) is 6. The highest BCUT2D eigenvalue weighted by molar-refractivity contribution is 7.99. The Morgan fingerprint density at radius 1 is 1.25 bits per heavy atom. The Morgan fingerprint density at radius 2 is 1.88 bits per heavy atom. The maximum atomic E-state index is 12.8. The number of piperazine rings is 1. The lowest BCUT2D eigenvalue weighted by molar-refractivity contribution is 0.109. The fourth-order valence-corrected chi connectivity index (χ4v) is 3.15. The first-order valence-electron chi connectivity index (χ1n) is 8.09. The van der Waals surface area contributed by atoms with E-state index in [1.54, 1.807) is 23.9 Å². The van der Waals surface area contributed by atoms with Gasteiger partial charge in [0.25, 0.3) is 0 Å². The molecule has 1 aliphatic heterocycles. The smallest absolute Gasteiger partial charge is 0.177 e. The summed E-state index contributed by atoms with van der Waals surface area (Å²) in [5.41, 5.74) is 0. The topological polar surface area (TPSA) is 51.5 Å². The van der Waals surface area contributed by atoms with Gasteiger partial charge in [0.1, 0.15) is 23.0 Å². The predicted octanol–water partition coefficient (Wildman–Crippen LogP) is 1.97. The number of halogens is 1. The molecule has 1 aromatic carbocycles. The standard InChI is InChI=1S/C17H25FN4OS/c1-17(24-2,20-14-19)13-22-9-7-21(8-10-22)11-12-23-16-5-3-15(18)4-6-16/h3-6,20H,7-13H2,1-2H3. The van der Waals surface area contributed by atoms with Gasteiger partial charge in [-0.25, -0.2) is 4.39 Å². The molecule has 1 aromatic rings. The van der Waals surface area contributed by atoms with E-state index in [-0.39, 0.29) is 10.7 Å². The van der Waals surface area contributed by atoms with Gasteiger partial charge in [0.15, 0.2) is 6.19 Å². The molecule has 0 aliphatic carbocycles. The van der Waals surface area contributed by atoms with Crippen molar-refractivity contribution in [3.63, 3.8) is 0 Å². The van der Waals surface area contributed by atoms with Crippen LogP contribution in [0.25, 0.3) is 0 Å². The molecule has 1 aliphatic rings. The van der Waals surface area contributed by atoms with Gasteiger partial charge >= 0.3 is 0 Å². The molecule has 0 spiro atoms. The zero-order valence-electron chi connectivity index (χ0n) is 14.3. The van der Waals surface area contributed by atoms with Crippen molar-refractivity contribution in [2.24, 2.45) is 0 Å². The largest absolute Gasteiger partial charge is 0.492 e. The molecule has 1 unspecified atom stereocenters. The van der Waals surface area contributed by atoms with E-state index in [0.717, 1.165) is 39.3 Å². The predicted molar refractivity (Wildman–Crippen MR) is 95.4 cm³/mol. The highest BCUT2D eigenvalue weighted by Crippen LogP contribution is 2.20. The van der Waals surface area contributed by atoms with Crippen molar-refractivity contribution in [3.05, 3.63) is 30.1 Å². The third-order valence-electron chi connectivity index (χ3n) is 4.25. The van der Waals surface area contributed by atoms with Crippen molar-refractivity contribution < 1.29 is 9.13 Å². The summed E-state index contributed by atoms with van der Waals surface area (Å²) in [6, 6.07) is 6.12. The summed E-state index contributed by atoms with van der Waals surface area (Å²) in [5, 5.41) is 11.8. The number of nitriles is 1. The number of nitrogens with zero attached hydrogens (tertiary/aromatic N) is 3. The van der Waals surface area contributed by atoms with Gasteiger partial charge < -0.3 is 10.1 Å². The van der Waals surface area contributed by atoms with Crippen LogP contribution in [0.1, 0.15) is 6.92 Å². The molecule has 0 amide bonds. The minimum atomic E-state index is -0.249. The minimum absolute atomic E-state index is 0.234. The summed E-state index contributed by atoms with van der Waals surface area (Å²) in [7, 11) is 0. The molecule has 1 fully saturated rings. The molecule has 0 radical (unpaired) electrons. The molecule has 1 heterocycles. The van der Waals surface area contributed by atoms with Gasteiger partial charge in [0.2, 0.25) is 0 Å². The van der Waals surface area contributed by atoms with E-state index in [9.17, 15) is 4.39 Å². The van der Waals surface area contributed by atoms with Crippen molar-refractivity contribution in [1.82, 2.24) is 15.1 Å². The SMILES string of the molecule is CSC(C)(CN1CCN(CCOc2ccc(F)cc2)CC1)NC#N. The van der Waals surface area contributed by atoms with Crippen LogP contribution < -0.4 is 10.1 Å².